The maximum absolute atomic E-state index is 12.2. The minimum Gasteiger partial charge on any atom is -0.484 e. The topological polar surface area (TPSA) is 105 Å². The molecule has 0 radical (unpaired) electrons. The lowest BCUT2D eigenvalue weighted by Gasteiger charge is -2.06. The second-order valence-corrected chi connectivity index (χ2v) is 5.32. The predicted octanol–water partition coefficient (Wildman–Crippen LogP) is 2.40. The second kappa shape index (κ2) is 8.31. The average Bonchev–Trinajstić information content (AvgIpc) is 2.58. The molecule has 0 fully saturated rings. The number of anilines is 1. The largest absolute Gasteiger partial charge is 0.484 e. The van der Waals surface area contributed by atoms with Gasteiger partial charge < -0.3 is 15.8 Å². The lowest BCUT2D eigenvalue weighted by molar-refractivity contribution is -0.120. The Kier molecular flexibility index (Phi) is 5.91. The molecular weight excluding hydrogens is 318 g/mol. The summed E-state index contributed by atoms with van der Waals surface area (Å²) in [4.78, 5) is 22.9. The van der Waals surface area contributed by atoms with Gasteiger partial charge in [-0.15, -0.1) is 0 Å². The summed E-state index contributed by atoms with van der Waals surface area (Å²) in [5.41, 5.74) is 7.27. The monoisotopic (exact) mass is 335 g/mol. The molecule has 2 aromatic rings. The molecule has 2 aromatic carbocycles. The molecule has 25 heavy (non-hydrogen) atoms. The molecule has 0 spiro atoms. The van der Waals surface area contributed by atoms with E-state index in [0.29, 0.717) is 17.0 Å². The molecule has 3 N–H and O–H groups in total. The molecule has 0 bridgehead atoms. The summed E-state index contributed by atoms with van der Waals surface area (Å²) in [5.74, 6) is -0.579. The fourth-order valence-electron chi connectivity index (χ4n) is 2.05. The van der Waals surface area contributed by atoms with E-state index in [0.717, 1.165) is 5.56 Å². The van der Waals surface area contributed by atoms with E-state index in [-0.39, 0.29) is 12.2 Å². The van der Waals surface area contributed by atoms with Crippen molar-refractivity contribution in [3.05, 3.63) is 65.2 Å². The summed E-state index contributed by atoms with van der Waals surface area (Å²) >= 11 is 0. The third-order valence-electron chi connectivity index (χ3n) is 3.21. The van der Waals surface area contributed by atoms with Crippen LogP contribution in [-0.4, -0.2) is 18.4 Å². The van der Waals surface area contributed by atoms with Crippen molar-refractivity contribution in [1.82, 2.24) is 0 Å². The number of primary amides is 1. The van der Waals surface area contributed by atoms with Crippen molar-refractivity contribution in [2.24, 2.45) is 5.73 Å². The summed E-state index contributed by atoms with van der Waals surface area (Å²) in [5, 5.41) is 11.9. The minimum atomic E-state index is -0.566. The SMILES string of the molecule is Cc1cccc(NC(=O)/C(C#N)=C/c2ccc(OCC(N)=O)cc2)c1. The highest BCUT2D eigenvalue weighted by molar-refractivity contribution is 6.09. The zero-order valence-electron chi connectivity index (χ0n) is 13.7. The number of nitriles is 1. The van der Waals surface area contributed by atoms with Crippen molar-refractivity contribution in [1.29, 1.82) is 5.26 Å². The number of carbonyl (C=O) groups is 2. The van der Waals surface area contributed by atoms with E-state index in [2.05, 4.69) is 5.32 Å². The van der Waals surface area contributed by atoms with Crippen molar-refractivity contribution in [2.45, 2.75) is 6.92 Å². The van der Waals surface area contributed by atoms with Gasteiger partial charge in [0, 0.05) is 5.69 Å². The van der Waals surface area contributed by atoms with E-state index < -0.39 is 11.8 Å². The van der Waals surface area contributed by atoms with Gasteiger partial charge >= 0.3 is 0 Å². The highest BCUT2D eigenvalue weighted by Gasteiger charge is 2.09. The van der Waals surface area contributed by atoms with Gasteiger partial charge in [0.1, 0.15) is 17.4 Å². The third-order valence-corrected chi connectivity index (χ3v) is 3.21. The Bertz CT molecular complexity index is 849. The lowest BCUT2D eigenvalue weighted by Crippen LogP contribution is -2.19. The van der Waals surface area contributed by atoms with Crippen LogP contribution in [0.3, 0.4) is 0 Å². The number of nitrogens with one attached hydrogen (secondary N) is 1. The van der Waals surface area contributed by atoms with Crippen LogP contribution in [0.1, 0.15) is 11.1 Å². The van der Waals surface area contributed by atoms with E-state index in [9.17, 15) is 14.9 Å². The molecule has 6 heteroatoms. The van der Waals surface area contributed by atoms with Crippen LogP contribution in [0.25, 0.3) is 6.08 Å². The number of carbonyl (C=O) groups excluding carboxylic acids is 2. The van der Waals surface area contributed by atoms with Crippen molar-refractivity contribution in [2.75, 3.05) is 11.9 Å². The molecule has 0 saturated heterocycles. The van der Waals surface area contributed by atoms with Crippen LogP contribution in [-0.2, 0) is 9.59 Å². The fourth-order valence-corrected chi connectivity index (χ4v) is 2.05. The molecule has 0 saturated carbocycles. The van der Waals surface area contributed by atoms with Gasteiger partial charge in [0.15, 0.2) is 6.61 Å². The normalized spacial score (nSPS) is 10.6. The van der Waals surface area contributed by atoms with E-state index in [1.165, 1.54) is 6.08 Å². The quantitative estimate of drug-likeness (QED) is 0.624. The number of benzene rings is 2. The number of hydrogen-bond donors (Lipinski definition) is 2. The molecule has 0 aliphatic heterocycles. The van der Waals surface area contributed by atoms with Crippen LogP contribution >= 0.6 is 0 Å². The zero-order valence-corrected chi connectivity index (χ0v) is 13.7. The second-order valence-electron chi connectivity index (χ2n) is 5.32. The summed E-state index contributed by atoms with van der Waals surface area (Å²) < 4.78 is 5.15. The number of aryl methyl sites for hydroxylation is 1. The maximum atomic E-state index is 12.2. The van der Waals surface area contributed by atoms with Gasteiger partial charge in [-0.1, -0.05) is 24.3 Å². The first kappa shape index (κ1) is 17.8. The Morgan fingerprint density at radius 2 is 1.96 bits per heavy atom. The summed E-state index contributed by atoms with van der Waals surface area (Å²) in [6, 6.07) is 15.8. The van der Waals surface area contributed by atoms with Gasteiger partial charge in [-0.25, -0.2) is 0 Å². The van der Waals surface area contributed by atoms with E-state index in [1.54, 1.807) is 30.3 Å². The van der Waals surface area contributed by atoms with Crippen LogP contribution in [0.2, 0.25) is 0 Å². The van der Waals surface area contributed by atoms with Gasteiger partial charge in [-0.2, -0.15) is 5.26 Å². The van der Waals surface area contributed by atoms with Crippen molar-refractivity contribution < 1.29 is 14.3 Å². The Labute approximate surface area is 145 Å². The van der Waals surface area contributed by atoms with Gasteiger partial charge in [0.2, 0.25) is 0 Å². The van der Waals surface area contributed by atoms with Crippen LogP contribution < -0.4 is 15.8 Å². The average molecular weight is 335 g/mol. The summed E-state index contributed by atoms with van der Waals surface area (Å²) in [7, 11) is 0. The van der Waals surface area contributed by atoms with Gasteiger partial charge in [0.05, 0.1) is 0 Å². The summed E-state index contributed by atoms with van der Waals surface area (Å²) in [6.07, 6.45) is 1.48. The van der Waals surface area contributed by atoms with E-state index >= 15 is 0 Å². The fraction of sp³-hybridized carbons (Fsp3) is 0.105. The first-order valence-corrected chi connectivity index (χ1v) is 7.49. The number of nitrogens with zero attached hydrogens (tertiary/aromatic N) is 1. The molecule has 0 atom stereocenters. The first-order chi connectivity index (χ1) is 12.0. The zero-order chi connectivity index (χ0) is 18.2. The first-order valence-electron chi connectivity index (χ1n) is 7.49. The molecule has 6 nitrogen and oxygen atoms in total. The Morgan fingerprint density at radius 3 is 2.56 bits per heavy atom. The number of amides is 2. The molecule has 0 aromatic heterocycles. The van der Waals surface area contributed by atoms with Crippen LogP contribution in [0, 0.1) is 18.3 Å². The molecule has 0 aliphatic carbocycles. The van der Waals surface area contributed by atoms with E-state index in [4.69, 9.17) is 10.5 Å². The van der Waals surface area contributed by atoms with Crippen LogP contribution in [0.15, 0.2) is 54.1 Å². The van der Waals surface area contributed by atoms with Gasteiger partial charge in [-0.05, 0) is 48.4 Å². The maximum Gasteiger partial charge on any atom is 0.266 e. The predicted molar refractivity (Wildman–Crippen MR) is 94.5 cm³/mol. The Hall–Kier alpha value is -3.59. The Balaban J connectivity index is 2.09. The lowest BCUT2D eigenvalue weighted by atomic mass is 10.1. The number of rotatable bonds is 6. The van der Waals surface area contributed by atoms with Gasteiger partial charge in [-0.3, -0.25) is 9.59 Å². The standard InChI is InChI=1S/C19H17N3O3/c1-13-3-2-4-16(9-13)22-19(24)15(11-20)10-14-5-7-17(8-6-14)25-12-18(21)23/h2-10H,12H2,1H3,(H2,21,23)(H,22,24)/b15-10+. The highest BCUT2D eigenvalue weighted by Crippen LogP contribution is 2.16. The number of nitrogens with two attached hydrogens (primary N) is 1. The number of hydrogen-bond acceptors (Lipinski definition) is 4. The Morgan fingerprint density at radius 1 is 1.24 bits per heavy atom. The van der Waals surface area contributed by atoms with E-state index in [1.807, 2.05) is 31.2 Å². The molecular formula is C19H17N3O3. The molecule has 2 amide bonds. The summed E-state index contributed by atoms with van der Waals surface area (Å²) in [6.45, 7) is 1.70. The minimum absolute atomic E-state index is 0.0210. The molecule has 126 valence electrons. The van der Waals surface area contributed by atoms with Crippen LogP contribution in [0.4, 0.5) is 5.69 Å². The molecule has 2 rings (SSSR count). The third kappa shape index (κ3) is 5.52. The molecule has 0 heterocycles. The van der Waals surface area contributed by atoms with Crippen LogP contribution in [0.5, 0.6) is 5.75 Å². The van der Waals surface area contributed by atoms with Crippen molar-refractivity contribution >= 4 is 23.6 Å². The smallest absolute Gasteiger partial charge is 0.266 e. The van der Waals surface area contributed by atoms with Gasteiger partial charge in [0.25, 0.3) is 11.8 Å². The van der Waals surface area contributed by atoms with Crippen molar-refractivity contribution in [3.8, 4) is 11.8 Å². The highest BCUT2D eigenvalue weighted by atomic mass is 16.5. The number of ether oxygens (including phenoxy) is 1. The van der Waals surface area contributed by atoms with Crippen molar-refractivity contribution in [3.63, 3.8) is 0 Å². The molecule has 0 unspecified atom stereocenters. The molecule has 0 aliphatic rings.